The predicted octanol–water partition coefficient (Wildman–Crippen LogP) is 0.570. The van der Waals surface area contributed by atoms with E-state index in [9.17, 15) is 4.79 Å². The number of hydrogen-bond donors (Lipinski definition) is 2. The van der Waals surface area contributed by atoms with Gasteiger partial charge in [0.05, 0.1) is 5.54 Å². The Morgan fingerprint density at radius 3 is 2.75 bits per heavy atom. The van der Waals surface area contributed by atoms with Crippen LogP contribution in [0.5, 0.6) is 0 Å². The van der Waals surface area contributed by atoms with Gasteiger partial charge >= 0.3 is 0 Å². The molecule has 1 aliphatic heterocycles. The zero-order valence-corrected chi connectivity index (χ0v) is 10.9. The normalized spacial score (nSPS) is 30.8. The second-order valence-corrected chi connectivity index (χ2v) is 5.38. The molecule has 1 fully saturated rings. The van der Waals surface area contributed by atoms with Crippen LogP contribution < -0.4 is 11.1 Å². The molecule has 1 aliphatic rings. The molecule has 3 N–H and O–H groups in total. The van der Waals surface area contributed by atoms with Gasteiger partial charge in [-0.3, -0.25) is 4.79 Å². The highest BCUT2D eigenvalue weighted by Crippen LogP contribution is 2.16. The molecule has 0 aromatic heterocycles. The average Bonchev–Trinajstić information content (AvgIpc) is 2.22. The maximum absolute atomic E-state index is 11.9. The summed E-state index contributed by atoms with van der Waals surface area (Å²) in [6.07, 6.45) is 1.68. The fourth-order valence-corrected chi connectivity index (χ4v) is 2.06. The Labute approximate surface area is 98.6 Å². The molecule has 0 saturated carbocycles. The van der Waals surface area contributed by atoms with Crippen molar-refractivity contribution in [1.29, 1.82) is 0 Å². The van der Waals surface area contributed by atoms with Crippen molar-refractivity contribution in [2.75, 3.05) is 20.1 Å². The van der Waals surface area contributed by atoms with Gasteiger partial charge in [-0.25, -0.2) is 0 Å². The highest BCUT2D eigenvalue weighted by molar-refractivity contribution is 5.85. The molecule has 1 heterocycles. The molecule has 4 nitrogen and oxygen atoms in total. The largest absolute Gasteiger partial charge is 0.351 e. The van der Waals surface area contributed by atoms with Gasteiger partial charge in [-0.2, -0.15) is 0 Å². The third kappa shape index (κ3) is 3.19. The van der Waals surface area contributed by atoms with Crippen molar-refractivity contribution in [2.45, 2.75) is 45.2 Å². The fraction of sp³-hybridized carbons (Fsp3) is 0.917. The average molecular weight is 227 g/mol. The number of nitrogens with zero attached hydrogens (tertiary/aromatic N) is 1. The van der Waals surface area contributed by atoms with Crippen molar-refractivity contribution in [3.8, 4) is 0 Å². The second-order valence-electron chi connectivity index (χ2n) is 5.38. The lowest BCUT2D eigenvalue weighted by Gasteiger charge is -2.36. The first-order chi connectivity index (χ1) is 7.36. The van der Waals surface area contributed by atoms with Gasteiger partial charge in [-0.05, 0) is 39.3 Å². The highest BCUT2D eigenvalue weighted by atomic mass is 16.2. The molecule has 94 valence electrons. The zero-order chi connectivity index (χ0) is 12.3. The summed E-state index contributed by atoms with van der Waals surface area (Å²) in [5.74, 6) is 0.478. The van der Waals surface area contributed by atoms with Gasteiger partial charge in [0.1, 0.15) is 0 Å². The fourth-order valence-electron chi connectivity index (χ4n) is 2.06. The molecule has 0 aromatic rings. The summed E-state index contributed by atoms with van der Waals surface area (Å²) < 4.78 is 0. The Bertz CT molecular complexity index is 253. The van der Waals surface area contributed by atoms with Crippen molar-refractivity contribution < 1.29 is 4.79 Å². The first kappa shape index (κ1) is 13.5. The molecule has 0 spiro atoms. The summed E-state index contributed by atoms with van der Waals surface area (Å²) in [4.78, 5) is 14.2. The monoisotopic (exact) mass is 227 g/mol. The Morgan fingerprint density at radius 2 is 2.25 bits per heavy atom. The van der Waals surface area contributed by atoms with Crippen LogP contribution in [-0.4, -0.2) is 42.5 Å². The van der Waals surface area contributed by atoms with Crippen molar-refractivity contribution in [3.63, 3.8) is 0 Å². The summed E-state index contributed by atoms with van der Waals surface area (Å²) in [5, 5.41) is 3.09. The molecule has 0 aliphatic carbocycles. The quantitative estimate of drug-likeness (QED) is 0.741. The Morgan fingerprint density at radius 1 is 1.62 bits per heavy atom. The topological polar surface area (TPSA) is 58.4 Å². The van der Waals surface area contributed by atoms with Gasteiger partial charge < -0.3 is 16.0 Å². The van der Waals surface area contributed by atoms with Gasteiger partial charge in [0.25, 0.3) is 0 Å². The molecule has 4 heteroatoms. The smallest absolute Gasteiger partial charge is 0.240 e. The molecular formula is C12H25N3O. The zero-order valence-electron chi connectivity index (χ0n) is 10.9. The first-order valence-electron chi connectivity index (χ1n) is 6.15. The molecule has 0 bridgehead atoms. The van der Waals surface area contributed by atoms with Crippen LogP contribution in [0.3, 0.4) is 0 Å². The van der Waals surface area contributed by atoms with E-state index in [4.69, 9.17) is 5.73 Å². The predicted molar refractivity (Wildman–Crippen MR) is 66.1 cm³/mol. The van der Waals surface area contributed by atoms with Crippen LogP contribution in [0.1, 0.15) is 33.6 Å². The number of carbonyl (C=O) groups excluding carboxylic acids is 1. The SMILES string of the molecule is CCC(C)(N)C(=O)NC1CCN(C)CC1C. The highest BCUT2D eigenvalue weighted by Gasteiger charge is 2.31. The van der Waals surface area contributed by atoms with E-state index < -0.39 is 5.54 Å². The summed E-state index contributed by atoms with van der Waals surface area (Å²) >= 11 is 0. The molecular weight excluding hydrogens is 202 g/mol. The van der Waals surface area contributed by atoms with Gasteiger partial charge in [0.2, 0.25) is 5.91 Å². The molecule has 3 atom stereocenters. The van der Waals surface area contributed by atoms with E-state index in [1.165, 1.54) is 0 Å². The molecule has 0 radical (unpaired) electrons. The second kappa shape index (κ2) is 5.15. The number of nitrogens with one attached hydrogen (secondary N) is 1. The summed E-state index contributed by atoms with van der Waals surface area (Å²) in [5.41, 5.74) is 5.19. The van der Waals surface area contributed by atoms with Crippen molar-refractivity contribution in [2.24, 2.45) is 11.7 Å². The minimum absolute atomic E-state index is 0.0172. The Kier molecular flexibility index (Phi) is 4.33. The lowest BCUT2D eigenvalue weighted by molar-refractivity contribution is -0.127. The van der Waals surface area contributed by atoms with E-state index >= 15 is 0 Å². The van der Waals surface area contributed by atoms with Crippen molar-refractivity contribution in [1.82, 2.24) is 10.2 Å². The molecule has 3 unspecified atom stereocenters. The number of amides is 1. The van der Waals surface area contributed by atoms with Crippen LogP contribution in [0, 0.1) is 5.92 Å². The van der Waals surface area contributed by atoms with Gasteiger partial charge in [-0.15, -0.1) is 0 Å². The van der Waals surface area contributed by atoms with E-state index in [2.05, 4.69) is 24.2 Å². The third-order valence-electron chi connectivity index (χ3n) is 3.68. The van der Waals surface area contributed by atoms with Gasteiger partial charge in [0.15, 0.2) is 0 Å². The Balaban J connectivity index is 2.51. The first-order valence-corrected chi connectivity index (χ1v) is 6.15. The Hall–Kier alpha value is -0.610. The number of likely N-dealkylation sites (tertiary alicyclic amines) is 1. The van der Waals surface area contributed by atoms with Crippen LogP contribution >= 0.6 is 0 Å². The molecule has 0 aromatic carbocycles. The summed E-state index contributed by atoms with van der Waals surface area (Å²) in [7, 11) is 2.12. The minimum Gasteiger partial charge on any atom is -0.351 e. The third-order valence-corrected chi connectivity index (χ3v) is 3.68. The van der Waals surface area contributed by atoms with Crippen LogP contribution in [0.2, 0.25) is 0 Å². The van der Waals surface area contributed by atoms with Crippen LogP contribution in [0.4, 0.5) is 0 Å². The van der Waals surface area contributed by atoms with Crippen molar-refractivity contribution in [3.05, 3.63) is 0 Å². The van der Waals surface area contributed by atoms with E-state index in [1.54, 1.807) is 6.92 Å². The lowest BCUT2D eigenvalue weighted by atomic mass is 9.92. The lowest BCUT2D eigenvalue weighted by Crippen LogP contribution is -2.57. The maximum Gasteiger partial charge on any atom is 0.240 e. The van der Waals surface area contributed by atoms with E-state index in [0.29, 0.717) is 12.3 Å². The number of hydrogen-bond acceptors (Lipinski definition) is 3. The van der Waals surface area contributed by atoms with Crippen LogP contribution in [0.15, 0.2) is 0 Å². The van der Waals surface area contributed by atoms with E-state index in [0.717, 1.165) is 19.5 Å². The number of piperidine rings is 1. The number of carbonyl (C=O) groups is 1. The van der Waals surface area contributed by atoms with Crippen molar-refractivity contribution >= 4 is 5.91 Å². The van der Waals surface area contributed by atoms with Gasteiger partial charge in [0, 0.05) is 12.6 Å². The van der Waals surface area contributed by atoms with E-state index in [-0.39, 0.29) is 11.9 Å². The van der Waals surface area contributed by atoms with E-state index in [1.807, 2.05) is 6.92 Å². The van der Waals surface area contributed by atoms with Gasteiger partial charge in [-0.1, -0.05) is 13.8 Å². The molecule has 16 heavy (non-hydrogen) atoms. The molecule has 1 amide bonds. The summed E-state index contributed by atoms with van der Waals surface area (Å²) in [6, 6.07) is 0.276. The molecule has 1 saturated heterocycles. The molecule has 1 rings (SSSR count). The number of rotatable bonds is 3. The standard InChI is InChI=1S/C12H25N3O/c1-5-12(3,13)11(16)14-10-6-7-15(4)8-9(10)2/h9-10H,5-8,13H2,1-4H3,(H,14,16). The minimum atomic E-state index is -0.733. The van der Waals surface area contributed by atoms with Crippen LogP contribution in [-0.2, 0) is 4.79 Å². The summed E-state index contributed by atoms with van der Waals surface area (Å²) in [6.45, 7) is 8.00. The number of nitrogens with two attached hydrogens (primary N) is 1. The maximum atomic E-state index is 11.9. The van der Waals surface area contributed by atoms with Crippen LogP contribution in [0.25, 0.3) is 0 Å².